The number of ether oxygens (including phenoxy) is 1. The number of alkyl carbamates (subject to hydrolysis) is 1. The lowest BCUT2D eigenvalue weighted by Gasteiger charge is -2.32. The van der Waals surface area contributed by atoms with Gasteiger partial charge >= 0.3 is 12.1 Å². The number of carboxylic acid groups (broad SMARTS) is 1. The summed E-state index contributed by atoms with van der Waals surface area (Å²) in [5.41, 5.74) is 4.05. The van der Waals surface area contributed by atoms with Crippen molar-refractivity contribution in [2.24, 2.45) is 22.7 Å². The maximum Gasteiger partial charge on any atom is 0.407 e. The average molecular weight is 475 g/mol. The Kier molecular flexibility index (Phi) is 5.13. The molecule has 0 aromatic heterocycles. The summed E-state index contributed by atoms with van der Waals surface area (Å²) in [7, 11) is 0. The minimum atomic E-state index is -0.794. The van der Waals surface area contributed by atoms with Crippen LogP contribution in [-0.2, 0) is 14.3 Å². The van der Waals surface area contributed by atoms with E-state index in [2.05, 4.69) is 34.9 Å². The van der Waals surface area contributed by atoms with Crippen molar-refractivity contribution in [3.63, 3.8) is 0 Å². The Bertz CT molecular complexity index is 1160. The number of hydrogen-bond donors (Lipinski definition) is 3. The van der Waals surface area contributed by atoms with E-state index in [1.807, 2.05) is 24.3 Å². The maximum atomic E-state index is 13.1. The number of aliphatic carboxylic acids is 1. The van der Waals surface area contributed by atoms with E-state index in [0.717, 1.165) is 36.8 Å². The fraction of sp³-hybridized carbons (Fsp3) is 0.464. The Morgan fingerprint density at radius 2 is 1.63 bits per heavy atom. The van der Waals surface area contributed by atoms with Crippen LogP contribution in [0.1, 0.15) is 49.1 Å². The molecule has 0 bridgehead atoms. The number of nitrogens with one attached hydrogen (secondary N) is 2. The van der Waals surface area contributed by atoms with Crippen molar-refractivity contribution < 1.29 is 24.2 Å². The molecule has 0 radical (unpaired) electrons. The lowest BCUT2D eigenvalue weighted by molar-refractivity contribution is -0.139. The molecule has 3 N–H and O–H groups in total. The summed E-state index contributed by atoms with van der Waals surface area (Å²) in [5.74, 6) is -1.20. The molecule has 7 heteroatoms. The van der Waals surface area contributed by atoms with Crippen molar-refractivity contribution in [2.75, 3.05) is 19.7 Å². The molecular weight excluding hydrogens is 444 g/mol. The van der Waals surface area contributed by atoms with Gasteiger partial charge in [-0.25, -0.2) is 4.79 Å². The van der Waals surface area contributed by atoms with Gasteiger partial charge in [-0.3, -0.25) is 9.59 Å². The van der Waals surface area contributed by atoms with E-state index < -0.39 is 17.5 Å². The number of rotatable bonds is 8. The fourth-order valence-corrected chi connectivity index (χ4v) is 6.48. The van der Waals surface area contributed by atoms with Gasteiger partial charge in [-0.15, -0.1) is 0 Å². The smallest absolute Gasteiger partial charge is 0.407 e. The van der Waals surface area contributed by atoms with Crippen LogP contribution < -0.4 is 10.6 Å². The maximum absolute atomic E-state index is 13.1. The quantitative estimate of drug-likeness (QED) is 0.538. The van der Waals surface area contributed by atoms with Crippen molar-refractivity contribution in [1.82, 2.24) is 10.6 Å². The largest absolute Gasteiger partial charge is 0.481 e. The van der Waals surface area contributed by atoms with Crippen LogP contribution in [0.25, 0.3) is 11.1 Å². The molecule has 2 amide bonds. The summed E-state index contributed by atoms with van der Waals surface area (Å²) in [6.07, 6.45) is 3.97. The molecule has 2 aromatic carbocycles. The van der Waals surface area contributed by atoms with E-state index in [0.29, 0.717) is 13.0 Å². The fourth-order valence-electron chi connectivity index (χ4n) is 6.48. The third-order valence-electron chi connectivity index (χ3n) is 8.92. The molecule has 3 fully saturated rings. The van der Waals surface area contributed by atoms with Crippen LogP contribution in [0.3, 0.4) is 0 Å². The van der Waals surface area contributed by atoms with Gasteiger partial charge in [0.2, 0.25) is 5.91 Å². The van der Waals surface area contributed by atoms with Crippen LogP contribution in [0.2, 0.25) is 0 Å². The zero-order valence-electron chi connectivity index (χ0n) is 19.6. The highest BCUT2D eigenvalue weighted by atomic mass is 16.5. The van der Waals surface area contributed by atoms with Gasteiger partial charge in [0, 0.05) is 19.0 Å². The number of benzene rings is 2. The van der Waals surface area contributed by atoms with Gasteiger partial charge in [-0.1, -0.05) is 55.0 Å². The molecule has 182 valence electrons. The Labute approximate surface area is 204 Å². The molecule has 2 aromatic rings. The van der Waals surface area contributed by atoms with Crippen molar-refractivity contribution in [1.29, 1.82) is 0 Å². The molecule has 4 aliphatic carbocycles. The predicted molar refractivity (Wildman–Crippen MR) is 129 cm³/mol. The summed E-state index contributed by atoms with van der Waals surface area (Å²) in [6, 6.07) is 16.4. The number of carboxylic acids is 1. The van der Waals surface area contributed by atoms with Crippen molar-refractivity contribution in [3.8, 4) is 11.1 Å². The summed E-state index contributed by atoms with van der Waals surface area (Å²) < 4.78 is 5.66. The molecule has 6 rings (SSSR count). The third-order valence-corrected chi connectivity index (χ3v) is 8.92. The van der Waals surface area contributed by atoms with Gasteiger partial charge in [-0.2, -0.15) is 0 Å². The SMILES string of the molecule is O=C(NCC1(C(=O)NCC2CC2C(=O)O)CC12CCC2)OCC1c2ccccc2-c2ccccc21. The van der Waals surface area contributed by atoms with E-state index in [9.17, 15) is 14.4 Å². The highest BCUT2D eigenvalue weighted by molar-refractivity contribution is 5.88. The lowest BCUT2D eigenvalue weighted by atomic mass is 9.74. The lowest BCUT2D eigenvalue weighted by Crippen LogP contribution is -2.45. The summed E-state index contributed by atoms with van der Waals surface area (Å²) >= 11 is 0. The Hall–Kier alpha value is -3.35. The number of carbonyl (C=O) groups excluding carboxylic acids is 2. The van der Waals surface area contributed by atoms with Crippen molar-refractivity contribution in [2.45, 2.75) is 38.0 Å². The zero-order chi connectivity index (χ0) is 24.2. The van der Waals surface area contributed by atoms with Crippen molar-refractivity contribution in [3.05, 3.63) is 59.7 Å². The van der Waals surface area contributed by atoms with Crippen LogP contribution in [-0.4, -0.2) is 42.8 Å². The number of fused-ring (bicyclic) bond motifs is 3. The van der Waals surface area contributed by atoms with E-state index in [1.54, 1.807) is 0 Å². The highest BCUT2D eigenvalue weighted by Crippen LogP contribution is 2.73. The van der Waals surface area contributed by atoms with E-state index >= 15 is 0 Å². The van der Waals surface area contributed by atoms with Gasteiger partial charge in [0.05, 0.1) is 11.3 Å². The second kappa shape index (κ2) is 8.11. The topological polar surface area (TPSA) is 105 Å². The predicted octanol–water partition coefficient (Wildman–Crippen LogP) is 3.92. The Morgan fingerprint density at radius 3 is 2.17 bits per heavy atom. The normalized spacial score (nSPS) is 26.7. The molecule has 0 heterocycles. The standard InChI is InChI=1S/C28H30N2O5/c31-24(32)22-12-17(22)13-29-25(33)28(15-27(28)10-5-11-27)16-30-26(34)35-14-23-20-8-3-1-6-18(20)19-7-2-4-9-21(19)23/h1-4,6-9,17,22-23H,5,10-16H2,(H,29,33)(H,30,34)(H,31,32). The van der Waals surface area contributed by atoms with Gasteiger partial charge in [0.1, 0.15) is 6.61 Å². The molecule has 3 atom stereocenters. The summed E-state index contributed by atoms with van der Waals surface area (Å²) in [6.45, 7) is 0.879. The number of carbonyl (C=O) groups is 3. The molecule has 1 spiro atoms. The highest BCUT2D eigenvalue weighted by Gasteiger charge is 2.73. The minimum Gasteiger partial charge on any atom is -0.481 e. The molecule has 0 aliphatic heterocycles. The zero-order valence-corrected chi connectivity index (χ0v) is 19.6. The molecular formula is C28H30N2O5. The van der Waals surface area contributed by atoms with Crippen LogP contribution in [0.15, 0.2) is 48.5 Å². The first kappa shape index (κ1) is 22.1. The van der Waals surface area contributed by atoms with Gasteiger partial charge in [0.25, 0.3) is 0 Å². The molecule has 3 unspecified atom stereocenters. The van der Waals surface area contributed by atoms with Gasteiger partial charge < -0.3 is 20.5 Å². The molecule has 3 saturated carbocycles. The van der Waals surface area contributed by atoms with E-state index in [-0.39, 0.29) is 42.2 Å². The molecule has 0 saturated heterocycles. The van der Waals surface area contributed by atoms with Gasteiger partial charge in [0.15, 0.2) is 0 Å². The first-order chi connectivity index (χ1) is 16.9. The average Bonchev–Trinajstić information content (AvgIpc) is 3.74. The van der Waals surface area contributed by atoms with Crippen LogP contribution in [0.4, 0.5) is 4.79 Å². The van der Waals surface area contributed by atoms with Crippen LogP contribution in [0, 0.1) is 22.7 Å². The Balaban J connectivity index is 1.06. The molecule has 4 aliphatic rings. The third kappa shape index (κ3) is 3.60. The van der Waals surface area contributed by atoms with Gasteiger partial charge in [-0.05, 0) is 59.3 Å². The van der Waals surface area contributed by atoms with Crippen LogP contribution in [0.5, 0.6) is 0 Å². The van der Waals surface area contributed by atoms with E-state index in [4.69, 9.17) is 9.84 Å². The number of amides is 2. The van der Waals surface area contributed by atoms with Crippen LogP contribution >= 0.6 is 0 Å². The first-order valence-corrected chi connectivity index (χ1v) is 12.5. The monoisotopic (exact) mass is 474 g/mol. The second-order valence-electron chi connectivity index (χ2n) is 10.7. The number of hydrogen-bond acceptors (Lipinski definition) is 4. The summed E-state index contributed by atoms with van der Waals surface area (Å²) in [4.78, 5) is 36.9. The Morgan fingerprint density at radius 1 is 0.971 bits per heavy atom. The second-order valence-corrected chi connectivity index (χ2v) is 10.7. The minimum absolute atomic E-state index is 0.00923. The van der Waals surface area contributed by atoms with E-state index in [1.165, 1.54) is 11.1 Å². The summed E-state index contributed by atoms with van der Waals surface area (Å²) in [5, 5.41) is 15.0. The van der Waals surface area contributed by atoms with Crippen molar-refractivity contribution >= 4 is 18.0 Å². The molecule has 7 nitrogen and oxygen atoms in total. The molecule has 35 heavy (non-hydrogen) atoms. The first-order valence-electron chi connectivity index (χ1n) is 12.5.